The molecule has 2 aliphatic rings. The average Bonchev–Trinajstić information content (AvgIpc) is 2.28. The van der Waals surface area contributed by atoms with E-state index in [0.717, 1.165) is 6.42 Å². The maximum atomic E-state index is 10.9. The Kier molecular flexibility index (Phi) is 1.34. The van der Waals surface area contributed by atoms with Crippen molar-refractivity contribution < 1.29 is 9.53 Å². The van der Waals surface area contributed by atoms with Gasteiger partial charge in [-0.1, -0.05) is 6.42 Å². The van der Waals surface area contributed by atoms with Gasteiger partial charge in [0.15, 0.2) is 0 Å². The molecule has 0 spiro atoms. The lowest BCUT2D eigenvalue weighted by Gasteiger charge is -2.36. The van der Waals surface area contributed by atoms with Crippen LogP contribution in [0.2, 0.25) is 0 Å². The van der Waals surface area contributed by atoms with Gasteiger partial charge in [0.1, 0.15) is 0 Å². The fourth-order valence-corrected chi connectivity index (χ4v) is 2.12. The minimum Gasteiger partial charge on any atom is -0.449 e. The van der Waals surface area contributed by atoms with Crippen molar-refractivity contribution in [2.45, 2.75) is 31.7 Å². The number of hydrogen-bond acceptors (Lipinski definition) is 2. The van der Waals surface area contributed by atoms with Crippen LogP contribution in [0.3, 0.4) is 0 Å². The Morgan fingerprint density at radius 2 is 2.55 bits per heavy atom. The summed E-state index contributed by atoms with van der Waals surface area (Å²) in [6, 6.07) is 0. The second-order valence-corrected chi connectivity index (χ2v) is 3.73. The molecule has 2 rings (SSSR count). The number of nitrogens with one attached hydrogen (secondary N) is 1. The summed E-state index contributed by atoms with van der Waals surface area (Å²) >= 11 is 0. The van der Waals surface area contributed by atoms with Crippen LogP contribution in [0.4, 0.5) is 4.79 Å². The number of hydrogen-bond donors (Lipinski definition) is 1. The van der Waals surface area contributed by atoms with Crippen LogP contribution in [0.5, 0.6) is 0 Å². The van der Waals surface area contributed by atoms with E-state index in [1.807, 2.05) is 0 Å². The molecule has 0 unspecified atom stereocenters. The Balaban J connectivity index is 2.16. The van der Waals surface area contributed by atoms with Crippen LogP contribution in [0.1, 0.15) is 26.2 Å². The minimum absolute atomic E-state index is 0.0370. The number of carbonyl (C=O) groups is 1. The summed E-state index contributed by atoms with van der Waals surface area (Å²) in [5.41, 5.74) is 0.0370. The van der Waals surface area contributed by atoms with Crippen LogP contribution in [-0.2, 0) is 4.74 Å². The summed E-state index contributed by atoms with van der Waals surface area (Å²) in [5, 5.41) is 2.89. The standard InChI is InChI=1S/C8H13NO2/c1-8-4-2-3-6(8)5-11-7(10)9-8/h6H,2-5H2,1H3,(H,9,10)/t6-,8-/m0/s1. The van der Waals surface area contributed by atoms with Crippen molar-refractivity contribution in [1.29, 1.82) is 0 Å². The zero-order chi connectivity index (χ0) is 7.90. The van der Waals surface area contributed by atoms with Crippen molar-refractivity contribution >= 4 is 6.09 Å². The fraction of sp³-hybridized carbons (Fsp3) is 0.875. The number of cyclic esters (lactones) is 1. The first-order valence-corrected chi connectivity index (χ1v) is 4.16. The summed E-state index contributed by atoms with van der Waals surface area (Å²) < 4.78 is 4.91. The quantitative estimate of drug-likeness (QED) is 0.572. The van der Waals surface area contributed by atoms with Gasteiger partial charge in [0.2, 0.25) is 0 Å². The van der Waals surface area contributed by atoms with Crippen LogP contribution in [-0.4, -0.2) is 18.2 Å². The Morgan fingerprint density at radius 3 is 3.36 bits per heavy atom. The van der Waals surface area contributed by atoms with E-state index >= 15 is 0 Å². The van der Waals surface area contributed by atoms with E-state index in [1.165, 1.54) is 12.8 Å². The molecule has 1 aliphatic carbocycles. The maximum Gasteiger partial charge on any atom is 0.407 e. The lowest BCUT2D eigenvalue weighted by Crippen LogP contribution is -2.54. The molecular weight excluding hydrogens is 142 g/mol. The van der Waals surface area contributed by atoms with Crippen molar-refractivity contribution in [3.8, 4) is 0 Å². The average molecular weight is 155 g/mol. The third kappa shape index (κ3) is 0.988. The highest BCUT2D eigenvalue weighted by atomic mass is 16.6. The van der Waals surface area contributed by atoms with Gasteiger partial charge < -0.3 is 10.1 Å². The van der Waals surface area contributed by atoms with Crippen LogP contribution < -0.4 is 5.32 Å². The summed E-state index contributed by atoms with van der Waals surface area (Å²) in [4.78, 5) is 10.9. The van der Waals surface area contributed by atoms with Crippen LogP contribution >= 0.6 is 0 Å². The van der Waals surface area contributed by atoms with E-state index in [-0.39, 0.29) is 11.6 Å². The van der Waals surface area contributed by atoms with Gasteiger partial charge in [-0.25, -0.2) is 4.79 Å². The molecule has 0 aromatic heterocycles. The highest BCUT2D eigenvalue weighted by molar-refractivity contribution is 5.69. The first-order valence-electron chi connectivity index (χ1n) is 4.16. The maximum absolute atomic E-state index is 10.9. The van der Waals surface area contributed by atoms with Gasteiger partial charge in [-0.05, 0) is 19.8 Å². The molecule has 2 fully saturated rings. The van der Waals surface area contributed by atoms with E-state index in [0.29, 0.717) is 12.5 Å². The van der Waals surface area contributed by atoms with Gasteiger partial charge in [0.25, 0.3) is 0 Å². The predicted molar refractivity (Wildman–Crippen MR) is 40.2 cm³/mol. The predicted octanol–water partition coefficient (Wildman–Crippen LogP) is 1.28. The Hall–Kier alpha value is -0.730. The number of ether oxygens (including phenoxy) is 1. The van der Waals surface area contributed by atoms with Gasteiger partial charge >= 0.3 is 6.09 Å². The summed E-state index contributed by atoms with van der Waals surface area (Å²) in [7, 11) is 0. The molecule has 0 aromatic carbocycles. The monoisotopic (exact) mass is 155 g/mol. The van der Waals surface area contributed by atoms with E-state index in [4.69, 9.17) is 4.74 Å². The second kappa shape index (κ2) is 2.13. The van der Waals surface area contributed by atoms with E-state index < -0.39 is 0 Å². The van der Waals surface area contributed by atoms with Gasteiger partial charge in [-0.2, -0.15) is 0 Å². The SMILES string of the molecule is C[C@]12CCC[C@H]1COC(=O)N2. The van der Waals surface area contributed by atoms with Gasteiger partial charge in [0, 0.05) is 11.5 Å². The zero-order valence-electron chi connectivity index (χ0n) is 6.72. The van der Waals surface area contributed by atoms with Crippen LogP contribution in [0, 0.1) is 5.92 Å². The number of fused-ring (bicyclic) bond motifs is 1. The van der Waals surface area contributed by atoms with Crippen molar-refractivity contribution in [2.75, 3.05) is 6.61 Å². The molecule has 1 saturated heterocycles. The lowest BCUT2D eigenvalue weighted by molar-refractivity contribution is 0.0613. The number of alkyl carbamates (subject to hydrolysis) is 1. The molecule has 1 aliphatic heterocycles. The molecule has 0 aromatic rings. The Morgan fingerprint density at radius 1 is 1.73 bits per heavy atom. The van der Waals surface area contributed by atoms with Crippen molar-refractivity contribution in [3.05, 3.63) is 0 Å². The summed E-state index contributed by atoms with van der Waals surface area (Å²) in [5.74, 6) is 0.542. The molecule has 11 heavy (non-hydrogen) atoms. The summed E-state index contributed by atoms with van der Waals surface area (Å²) in [6.07, 6.45) is 3.26. The van der Waals surface area contributed by atoms with Crippen molar-refractivity contribution in [3.63, 3.8) is 0 Å². The molecule has 2 atom stereocenters. The van der Waals surface area contributed by atoms with E-state index in [9.17, 15) is 4.79 Å². The number of amides is 1. The second-order valence-electron chi connectivity index (χ2n) is 3.73. The third-order valence-corrected chi connectivity index (χ3v) is 2.95. The first kappa shape index (κ1) is 6.95. The zero-order valence-corrected chi connectivity index (χ0v) is 6.72. The van der Waals surface area contributed by atoms with Crippen LogP contribution in [0.15, 0.2) is 0 Å². The number of rotatable bonds is 0. The van der Waals surface area contributed by atoms with Gasteiger partial charge in [-0.3, -0.25) is 0 Å². The van der Waals surface area contributed by atoms with Crippen LogP contribution in [0.25, 0.3) is 0 Å². The third-order valence-electron chi connectivity index (χ3n) is 2.95. The molecule has 1 N–H and O–H groups in total. The molecular formula is C8H13NO2. The van der Waals surface area contributed by atoms with E-state index in [2.05, 4.69) is 12.2 Å². The van der Waals surface area contributed by atoms with Gasteiger partial charge in [-0.15, -0.1) is 0 Å². The molecule has 1 saturated carbocycles. The van der Waals surface area contributed by atoms with Crippen molar-refractivity contribution in [1.82, 2.24) is 5.32 Å². The first-order chi connectivity index (χ1) is 5.21. The molecule has 3 nitrogen and oxygen atoms in total. The smallest absolute Gasteiger partial charge is 0.407 e. The Labute approximate surface area is 66.1 Å². The molecule has 62 valence electrons. The lowest BCUT2D eigenvalue weighted by atomic mass is 9.89. The highest BCUT2D eigenvalue weighted by Crippen LogP contribution is 2.37. The van der Waals surface area contributed by atoms with E-state index in [1.54, 1.807) is 0 Å². The molecule has 3 heteroatoms. The topological polar surface area (TPSA) is 38.3 Å². The Bertz CT molecular complexity index is 193. The summed E-state index contributed by atoms with van der Waals surface area (Å²) in [6.45, 7) is 2.73. The molecule has 0 radical (unpaired) electrons. The molecule has 1 heterocycles. The minimum atomic E-state index is -0.245. The largest absolute Gasteiger partial charge is 0.449 e. The normalized spacial score (nSPS) is 42.6. The van der Waals surface area contributed by atoms with Crippen molar-refractivity contribution in [2.24, 2.45) is 5.92 Å². The fourth-order valence-electron chi connectivity index (χ4n) is 2.12. The number of carbonyl (C=O) groups excluding carboxylic acids is 1. The van der Waals surface area contributed by atoms with Gasteiger partial charge in [0.05, 0.1) is 6.61 Å². The molecule has 0 bridgehead atoms. The molecule has 1 amide bonds. The highest BCUT2D eigenvalue weighted by Gasteiger charge is 2.43.